The molecule has 0 saturated heterocycles. The molecule has 2 aromatic rings. The van der Waals surface area contributed by atoms with E-state index in [2.05, 4.69) is 0 Å². The fraction of sp³-hybridized carbons (Fsp3) is 0.211. The maximum Gasteiger partial charge on any atom is 0.336 e. The number of ether oxygens (including phenoxy) is 4. The van der Waals surface area contributed by atoms with Crippen molar-refractivity contribution < 1.29 is 52.6 Å². The van der Waals surface area contributed by atoms with Gasteiger partial charge in [0.25, 0.3) is 5.69 Å². The van der Waals surface area contributed by atoms with Gasteiger partial charge >= 0.3 is 23.9 Å². The summed E-state index contributed by atoms with van der Waals surface area (Å²) >= 11 is 0. The zero-order valence-corrected chi connectivity index (χ0v) is 28.7. The first kappa shape index (κ1) is 35.9. The number of hydrogen-bond acceptors (Lipinski definition) is 14. The minimum absolute atomic E-state index is 0.0393. The van der Waals surface area contributed by atoms with Crippen LogP contribution in [0.25, 0.3) is 0 Å². The number of carbonyl (C=O) groups is 6. The lowest BCUT2D eigenvalue weighted by Gasteiger charge is -2.34. The molecule has 4 heterocycles. The molecule has 2 aromatic carbocycles. The predicted molar refractivity (Wildman–Crippen MR) is 184 cm³/mol. The van der Waals surface area contributed by atoms with Crippen molar-refractivity contribution in [3.8, 4) is 0 Å². The Bertz CT molecular complexity index is 2140. The molecule has 0 saturated carbocycles. The number of nitro benzene ring substituents is 1. The molecule has 4 aliphatic heterocycles. The lowest BCUT2D eigenvalue weighted by atomic mass is 9.92. The fourth-order valence-corrected chi connectivity index (χ4v) is 6.94. The van der Waals surface area contributed by atoms with E-state index in [0.29, 0.717) is 16.7 Å². The highest BCUT2D eigenvalue weighted by molar-refractivity contribution is 6.14. The first-order valence-corrected chi connectivity index (χ1v) is 16.0. The molecule has 0 aliphatic carbocycles. The van der Waals surface area contributed by atoms with Crippen LogP contribution >= 0.6 is 0 Å². The summed E-state index contributed by atoms with van der Waals surface area (Å²) in [5, 5.41) is 11.2. The first-order chi connectivity index (χ1) is 25.5. The minimum atomic E-state index is -1.38. The van der Waals surface area contributed by atoms with Gasteiger partial charge in [0.15, 0.2) is 11.6 Å². The van der Waals surface area contributed by atoms with Crippen LogP contribution in [0.15, 0.2) is 125 Å². The molecule has 4 aliphatic rings. The molecule has 0 N–H and O–H groups in total. The molecule has 270 valence electrons. The van der Waals surface area contributed by atoms with E-state index in [1.54, 1.807) is 65.7 Å². The number of allylic oxidation sites excluding steroid dienone is 4. The second-order valence-electron chi connectivity index (χ2n) is 12.0. The highest BCUT2D eigenvalue weighted by atomic mass is 16.6. The standard InChI is InChI=1S/C38H31N3O12/c1-50-35(44)27-25-18-22(14-16-39(25)31(29(27)37(46)52-3)33(42)20-8-6-5-7-9-20)23-15-17-40-26(19-23)28(36(45)51-2)30(38(47)53-4)32(40)34(43)21-10-12-24(13-11-21)41(48)49/h5-19,25-26,31-32H,1-4H3. The lowest BCUT2D eigenvalue weighted by Crippen LogP contribution is -2.42. The van der Waals surface area contributed by atoms with Crippen LogP contribution in [0.1, 0.15) is 20.7 Å². The average molecular weight is 722 g/mol. The fourth-order valence-electron chi connectivity index (χ4n) is 6.94. The van der Waals surface area contributed by atoms with Crippen molar-refractivity contribution in [3.05, 3.63) is 146 Å². The smallest absolute Gasteiger partial charge is 0.336 e. The summed E-state index contributed by atoms with van der Waals surface area (Å²) < 4.78 is 20.2. The SMILES string of the molecule is COC(=O)C1=C(C(=O)OC)C(C(=O)c2ccccc2)N2C=CC(C3=CC4C(C(=O)OC)=C(C(=O)OC)C(C(=O)c5ccc([N+](=O)[O-])cc5)N4C=C3)=CC12. The van der Waals surface area contributed by atoms with E-state index < -0.39 is 64.5 Å². The Hall–Kier alpha value is -6.90. The van der Waals surface area contributed by atoms with Crippen LogP contribution in [0.4, 0.5) is 5.69 Å². The van der Waals surface area contributed by atoms with Crippen LogP contribution in [0.3, 0.4) is 0 Å². The number of benzene rings is 2. The molecule has 4 unspecified atom stereocenters. The van der Waals surface area contributed by atoms with Crippen LogP contribution in [0.5, 0.6) is 0 Å². The third-order valence-corrected chi connectivity index (χ3v) is 9.36. The molecular weight excluding hydrogens is 690 g/mol. The van der Waals surface area contributed by atoms with E-state index in [-0.39, 0.29) is 33.5 Å². The Balaban J connectivity index is 1.44. The van der Waals surface area contributed by atoms with Gasteiger partial charge in [-0.25, -0.2) is 19.2 Å². The maximum absolute atomic E-state index is 14.0. The van der Waals surface area contributed by atoms with Gasteiger partial charge in [-0.1, -0.05) is 30.3 Å². The third kappa shape index (κ3) is 6.11. The molecule has 0 bridgehead atoms. The van der Waals surface area contributed by atoms with Gasteiger partial charge in [0.1, 0.15) is 12.1 Å². The van der Waals surface area contributed by atoms with Crippen molar-refractivity contribution in [3.63, 3.8) is 0 Å². The highest BCUT2D eigenvalue weighted by Crippen LogP contribution is 2.42. The average Bonchev–Trinajstić information content (AvgIpc) is 3.72. The number of rotatable bonds is 10. The van der Waals surface area contributed by atoms with E-state index in [9.17, 15) is 38.9 Å². The second-order valence-corrected chi connectivity index (χ2v) is 12.0. The number of nitro groups is 1. The third-order valence-electron chi connectivity index (χ3n) is 9.36. The van der Waals surface area contributed by atoms with Crippen LogP contribution in [0.2, 0.25) is 0 Å². The van der Waals surface area contributed by atoms with Gasteiger partial charge in [0.05, 0.1) is 67.7 Å². The molecule has 53 heavy (non-hydrogen) atoms. The molecular formula is C38H31N3O12. The lowest BCUT2D eigenvalue weighted by molar-refractivity contribution is -0.384. The molecule has 15 nitrogen and oxygen atoms in total. The zero-order valence-electron chi connectivity index (χ0n) is 28.7. The van der Waals surface area contributed by atoms with Crippen LogP contribution in [-0.4, -0.2) is 103 Å². The summed E-state index contributed by atoms with van der Waals surface area (Å²) in [6.07, 6.45) is 9.63. The molecule has 0 fully saturated rings. The monoisotopic (exact) mass is 721 g/mol. The summed E-state index contributed by atoms with van der Waals surface area (Å²) in [5.41, 5.74) is 0.353. The number of Topliss-reactive ketones (excluding diaryl/α,β-unsaturated/α-hetero) is 2. The number of non-ortho nitro benzene ring substituents is 1. The van der Waals surface area contributed by atoms with E-state index in [1.807, 2.05) is 0 Å². The Kier molecular flexibility index (Phi) is 9.74. The molecule has 4 atom stereocenters. The number of fused-ring (bicyclic) bond motifs is 2. The summed E-state index contributed by atoms with van der Waals surface area (Å²) in [4.78, 5) is 94.7. The van der Waals surface area contributed by atoms with Crippen LogP contribution < -0.4 is 0 Å². The Morgan fingerprint density at radius 1 is 0.566 bits per heavy atom. The van der Waals surface area contributed by atoms with Gasteiger partial charge in [-0.05, 0) is 47.6 Å². The van der Waals surface area contributed by atoms with Crippen molar-refractivity contribution in [2.75, 3.05) is 28.4 Å². The van der Waals surface area contributed by atoms with Crippen molar-refractivity contribution >= 4 is 41.1 Å². The largest absolute Gasteiger partial charge is 0.466 e. The van der Waals surface area contributed by atoms with E-state index in [1.165, 1.54) is 23.2 Å². The predicted octanol–water partition coefficient (Wildman–Crippen LogP) is 2.96. The summed E-state index contributed by atoms with van der Waals surface area (Å²) in [6.45, 7) is 0. The van der Waals surface area contributed by atoms with Gasteiger partial charge in [-0.2, -0.15) is 0 Å². The number of nitrogens with zero attached hydrogens (tertiary/aromatic N) is 3. The van der Waals surface area contributed by atoms with Crippen molar-refractivity contribution in [2.45, 2.75) is 24.2 Å². The van der Waals surface area contributed by atoms with E-state index >= 15 is 0 Å². The normalized spacial score (nSPS) is 21.3. The zero-order chi connectivity index (χ0) is 38.1. The highest BCUT2D eigenvalue weighted by Gasteiger charge is 2.51. The molecule has 0 radical (unpaired) electrons. The molecule has 0 amide bonds. The number of esters is 4. The van der Waals surface area contributed by atoms with Gasteiger partial charge in [-0.15, -0.1) is 0 Å². The van der Waals surface area contributed by atoms with Gasteiger partial charge in [0.2, 0.25) is 0 Å². The van der Waals surface area contributed by atoms with E-state index in [0.717, 1.165) is 40.6 Å². The topological polar surface area (TPSA) is 189 Å². The first-order valence-electron chi connectivity index (χ1n) is 16.0. The maximum atomic E-state index is 14.0. The molecule has 15 heteroatoms. The van der Waals surface area contributed by atoms with Crippen molar-refractivity contribution in [1.82, 2.24) is 9.80 Å². The number of hydrogen-bond donors (Lipinski definition) is 0. The van der Waals surface area contributed by atoms with E-state index in [4.69, 9.17) is 18.9 Å². The molecule has 0 aromatic heterocycles. The number of ketones is 2. The van der Waals surface area contributed by atoms with Crippen molar-refractivity contribution in [1.29, 1.82) is 0 Å². The molecule has 0 spiro atoms. The number of carbonyl (C=O) groups excluding carboxylic acids is 6. The van der Waals surface area contributed by atoms with Crippen LogP contribution in [-0.2, 0) is 38.1 Å². The van der Waals surface area contributed by atoms with Gasteiger partial charge in [0, 0.05) is 35.7 Å². The minimum Gasteiger partial charge on any atom is -0.466 e. The van der Waals surface area contributed by atoms with Crippen molar-refractivity contribution in [2.24, 2.45) is 0 Å². The summed E-state index contributed by atoms with van der Waals surface area (Å²) in [5.74, 6) is -4.69. The molecule has 6 rings (SSSR count). The second kappa shape index (κ2) is 14.4. The summed E-state index contributed by atoms with van der Waals surface area (Å²) in [6, 6.07) is 8.48. The Labute approximate surface area is 301 Å². The van der Waals surface area contributed by atoms with Gasteiger partial charge in [-0.3, -0.25) is 19.7 Å². The quantitative estimate of drug-likeness (QED) is 0.114. The van der Waals surface area contributed by atoms with Gasteiger partial charge < -0.3 is 28.7 Å². The Morgan fingerprint density at radius 2 is 0.943 bits per heavy atom. The Morgan fingerprint density at radius 3 is 1.32 bits per heavy atom. The summed E-state index contributed by atoms with van der Waals surface area (Å²) in [7, 11) is 4.51. The van der Waals surface area contributed by atoms with Crippen LogP contribution in [0, 0.1) is 10.1 Å². The number of methoxy groups -OCH3 is 4.